The van der Waals surface area contributed by atoms with Crippen LogP contribution in [0.4, 0.5) is 0 Å². The van der Waals surface area contributed by atoms with E-state index in [9.17, 15) is 9.90 Å². The van der Waals surface area contributed by atoms with Gasteiger partial charge in [-0.25, -0.2) is 0 Å². The molecule has 2 rings (SSSR count). The lowest BCUT2D eigenvalue weighted by atomic mass is 10.1. The maximum absolute atomic E-state index is 12.6. The van der Waals surface area contributed by atoms with Gasteiger partial charge in [-0.2, -0.15) is 0 Å². The number of rotatable bonds is 5. The summed E-state index contributed by atoms with van der Waals surface area (Å²) in [4.78, 5) is 16.7. The predicted molar refractivity (Wildman–Crippen MR) is 91.0 cm³/mol. The Bertz CT molecular complexity index is 544. The van der Waals surface area contributed by atoms with Gasteiger partial charge in [0.25, 0.3) is 5.91 Å². The summed E-state index contributed by atoms with van der Waals surface area (Å²) in [6.45, 7) is 11.8. The van der Waals surface area contributed by atoms with Crippen molar-refractivity contribution in [2.75, 3.05) is 39.3 Å². The van der Waals surface area contributed by atoms with Crippen LogP contribution in [-0.4, -0.2) is 65.7 Å². The van der Waals surface area contributed by atoms with Crippen LogP contribution in [0, 0.1) is 6.92 Å². The molecule has 0 bridgehead atoms. The Morgan fingerprint density at radius 3 is 2.43 bits per heavy atom. The molecular weight excluding hydrogens is 292 g/mol. The molecule has 0 atom stereocenters. The van der Waals surface area contributed by atoms with Crippen LogP contribution in [0.3, 0.4) is 0 Å². The summed E-state index contributed by atoms with van der Waals surface area (Å²) < 4.78 is 5.52. The van der Waals surface area contributed by atoms with E-state index < -0.39 is 5.60 Å². The Hall–Kier alpha value is -1.59. The third-order valence-corrected chi connectivity index (χ3v) is 3.99. The first-order chi connectivity index (χ1) is 10.8. The largest absolute Gasteiger partial charge is 0.494 e. The van der Waals surface area contributed by atoms with Gasteiger partial charge in [-0.05, 0) is 51.5 Å². The van der Waals surface area contributed by atoms with E-state index >= 15 is 0 Å². The van der Waals surface area contributed by atoms with Crippen molar-refractivity contribution in [3.8, 4) is 5.75 Å². The first-order valence-corrected chi connectivity index (χ1v) is 8.27. The lowest BCUT2D eigenvalue weighted by molar-refractivity contribution is 0.0178. The Morgan fingerprint density at radius 2 is 1.91 bits per heavy atom. The molecule has 1 N–H and O–H groups in total. The number of β-amino-alcohol motifs (C(OH)–C–C–N with tert-alkyl or cyclic N) is 1. The summed E-state index contributed by atoms with van der Waals surface area (Å²) in [5, 5.41) is 9.89. The first kappa shape index (κ1) is 17.8. The molecule has 23 heavy (non-hydrogen) atoms. The van der Waals surface area contributed by atoms with E-state index in [1.165, 1.54) is 0 Å². The Kier molecular flexibility index (Phi) is 5.65. The zero-order valence-electron chi connectivity index (χ0n) is 14.6. The highest BCUT2D eigenvalue weighted by molar-refractivity contribution is 5.94. The Labute approximate surface area is 138 Å². The van der Waals surface area contributed by atoms with Crippen molar-refractivity contribution in [1.82, 2.24) is 9.80 Å². The third-order valence-electron chi connectivity index (χ3n) is 3.99. The molecule has 0 radical (unpaired) electrons. The van der Waals surface area contributed by atoms with Crippen LogP contribution in [0.25, 0.3) is 0 Å². The van der Waals surface area contributed by atoms with E-state index in [1.807, 2.05) is 50.8 Å². The fourth-order valence-electron chi connectivity index (χ4n) is 2.94. The molecule has 0 spiro atoms. The number of nitrogens with zero attached hydrogens (tertiary/aromatic N) is 2. The minimum absolute atomic E-state index is 0.0686. The molecule has 1 amide bonds. The Balaban J connectivity index is 1.96. The molecule has 1 aromatic rings. The van der Waals surface area contributed by atoms with Crippen molar-refractivity contribution in [1.29, 1.82) is 0 Å². The van der Waals surface area contributed by atoms with Crippen molar-refractivity contribution in [3.05, 3.63) is 29.3 Å². The number of ether oxygens (including phenoxy) is 1. The molecule has 1 fully saturated rings. The summed E-state index contributed by atoms with van der Waals surface area (Å²) in [6, 6.07) is 5.61. The van der Waals surface area contributed by atoms with Crippen LogP contribution in [-0.2, 0) is 0 Å². The number of aryl methyl sites for hydroxylation is 1. The van der Waals surface area contributed by atoms with Gasteiger partial charge < -0.3 is 14.7 Å². The van der Waals surface area contributed by atoms with Gasteiger partial charge >= 0.3 is 0 Å². The minimum Gasteiger partial charge on any atom is -0.494 e. The van der Waals surface area contributed by atoms with Crippen molar-refractivity contribution in [3.63, 3.8) is 0 Å². The Morgan fingerprint density at radius 1 is 1.26 bits per heavy atom. The maximum Gasteiger partial charge on any atom is 0.253 e. The van der Waals surface area contributed by atoms with E-state index in [2.05, 4.69) is 4.90 Å². The van der Waals surface area contributed by atoms with Gasteiger partial charge in [0.15, 0.2) is 0 Å². The average molecular weight is 320 g/mol. The number of hydrogen-bond acceptors (Lipinski definition) is 4. The van der Waals surface area contributed by atoms with E-state index in [0.29, 0.717) is 31.8 Å². The number of piperazine rings is 1. The lowest BCUT2D eigenvalue weighted by Crippen LogP contribution is -2.52. The molecular formula is C18H28N2O3. The normalized spacial score (nSPS) is 16.5. The topological polar surface area (TPSA) is 53.0 Å². The summed E-state index contributed by atoms with van der Waals surface area (Å²) in [6.07, 6.45) is 0. The maximum atomic E-state index is 12.6. The van der Waals surface area contributed by atoms with E-state index in [1.54, 1.807) is 0 Å². The quantitative estimate of drug-likeness (QED) is 0.900. The molecule has 0 aromatic heterocycles. The van der Waals surface area contributed by atoms with Crippen LogP contribution < -0.4 is 4.74 Å². The van der Waals surface area contributed by atoms with E-state index in [-0.39, 0.29) is 5.91 Å². The number of amides is 1. The molecule has 0 unspecified atom stereocenters. The second-order valence-corrected chi connectivity index (χ2v) is 6.79. The summed E-state index contributed by atoms with van der Waals surface area (Å²) in [7, 11) is 0. The number of aliphatic hydroxyl groups is 1. The van der Waals surface area contributed by atoms with E-state index in [0.717, 1.165) is 24.4 Å². The lowest BCUT2D eigenvalue weighted by Gasteiger charge is -2.37. The second kappa shape index (κ2) is 7.32. The smallest absolute Gasteiger partial charge is 0.253 e. The fourth-order valence-corrected chi connectivity index (χ4v) is 2.94. The van der Waals surface area contributed by atoms with Crippen molar-refractivity contribution in [2.45, 2.75) is 33.3 Å². The van der Waals surface area contributed by atoms with Gasteiger partial charge in [-0.15, -0.1) is 0 Å². The predicted octanol–water partition coefficient (Wildman–Crippen LogP) is 1.92. The molecule has 5 heteroatoms. The molecule has 1 aromatic carbocycles. The van der Waals surface area contributed by atoms with E-state index in [4.69, 9.17) is 4.74 Å². The second-order valence-electron chi connectivity index (χ2n) is 6.79. The molecule has 1 aliphatic rings. The summed E-state index contributed by atoms with van der Waals surface area (Å²) >= 11 is 0. The zero-order chi connectivity index (χ0) is 17.0. The standard InChI is InChI=1S/C18H28N2O3/c1-5-23-16-7-6-15(12-14(16)2)17(21)20-10-8-19(9-11-20)13-18(3,4)22/h6-7,12,22H,5,8-11,13H2,1-4H3. The first-order valence-electron chi connectivity index (χ1n) is 8.27. The SMILES string of the molecule is CCOc1ccc(C(=O)N2CCN(CC(C)(C)O)CC2)cc1C. The summed E-state index contributed by atoms with van der Waals surface area (Å²) in [5.41, 5.74) is 0.999. The number of carbonyl (C=O) groups is 1. The van der Waals surface area contributed by atoms with Crippen molar-refractivity contribution in [2.24, 2.45) is 0 Å². The van der Waals surface area contributed by atoms with Gasteiger partial charge in [-0.1, -0.05) is 0 Å². The molecule has 1 aliphatic heterocycles. The molecule has 1 saturated heterocycles. The van der Waals surface area contributed by atoms with Crippen LogP contribution >= 0.6 is 0 Å². The van der Waals surface area contributed by atoms with Gasteiger partial charge in [0.2, 0.25) is 0 Å². The minimum atomic E-state index is -0.696. The highest BCUT2D eigenvalue weighted by atomic mass is 16.5. The van der Waals surface area contributed by atoms with Gasteiger partial charge in [-0.3, -0.25) is 9.69 Å². The monoisotopic (exact) mass is 320 g/mol. The van der Waals surface area contributed by atoms with Crippen LogP contribution in [0.5, 0.6) is 5.75 Å². The molecule has 0 aliphatic carbocycles. The number of hydrogen-bond donors (Lipinski definition) is 1. The molecule has 128 valence electrons. The third kappa shape index (κ3) is 4.94. The highest BCUT2D eigenvalue weighted by Crippen LogP contribution is 2.20. The van der Waals surface area contributed by atoms with Gasteiger partial charge in [0.1, 0.15) is 5.75 Å². The number of carbonyl (C=O) groups excluding carboxylic acids is 1. The van der Waals surface area contributed by atoms with Crippen molar-refractivity contribution >= 4 is 5.91 Å². The molecule has 0 saturated carbocycles. The average Bonchev–Trinajstić information content (AvgIpc) is 2.48. The van der Waals surface area contributed by atoms with Crippen LogP contribution in [0.1, 0.15) is 36.7 Å². The summed E-state index contributed by atoms with van der Waals surface area (Å²) in [5.74, 6) is 0.901. The van der Waals surface area contributed by atoms with Crippen LogP contribution in [0.2, 0.25) is 0 Å². The highest BCUT2D eigenvalue weighted by Gasteiger charge is 2.25. The van der Waals surface area contributed by atoms with Crippen molar-refractivity contribution < 1.29 is 14.6 Å². The number of benzene rings is 1. The molecule has 5 nitrogen and oxygen atoms in total. The zero-order valence-corrected chi connectivity index (χ0v) is 14.6. The molecule has 1 heterocycles. The van der Waals surface area contributed by atoms with Gasteiger partial charge in [0.05, 0.1) is 12.2 Å². The van der Waals surface area contributed by atoms with Crippen LogP contribution in [0.15, 0.2) is 18.2 Å². The fraction of sp³-hybridized carbons (Fsp3) is 0.611. The van der Waals surface area contributed by atoms with Gasteiger partial charge in [0, 0.05) is 38.3 Å².